The highest BCUT2D eigenvalue weighted by atomic mass is 32.2. The Kier molecular flexibility index (Phi) is 7.60. The average Bonchev–Trinajstić information content (AvgIpc) is 2.87. The number of methoxy groups -OCH3 is 2. The van der Waals surface area contributed by atoms with Gasteiger partial charge in [-0.1, -0.05) is 35.4 Å². The number of nitrogens with one attached hydrogen (secondary N) is 1. The first-order valence-electron chi connectivity index (χ1n) is 12.3. The number of hydrogen-bond acceptors (Lipinski definition) is 6. The highest BCUT2D eigenvalue weighted by Gasteiger charge is 2.36. The SMILES string of the molecule is COc1ccc(OC)c(N(CC(=O)NC2CC(C)(C)Oc3ccc(C)cc32)S(=O)(=O)c2ccc(C)cc2)c1. The molecule has 0 aliphatic carbocycles. The first-order valence-corrected chi connectivity index (χ1v) is 13.8. The van der Waals surface area contributed by atoms with Crippen molar-refractivity contribution in [3.63, 3.8) is 0 Å². The fraction of sp³-hybridized carbons (Fsp3) is 0.345. The normalized spacial score (nSPS) is 16.1. The molecule has 1 amide bonds. The minimum Gasteiger partial charge on any atom is -0.497 e. The Labute approximate surface area is 224 Å². The van der Waals surface area contributed by atoms with Crippen LogP contribution in [0.15, 0.2) is 65.6 Å². The third-order valence-corrected chi connectivity index (χ3v) is 8.28. The van der Waals surface area contributed by atoms with Crippen LogP contribution in [-0.2, 0) is 14.8 Å². The number of anilines is 1. The lowest BCUT2D eigenvalue weighted by Crippen LogP contribution is -2.45. The summed E-state index contributed by atoms with van der Waals surface area (Å²) in [7, 11) is -1.20. The molecular formula is C29H34N2O6S. The summed E-state index contributed by atoms with van der Waals surface area (Å²) in [4.78, 5) is 13.6. The highest BCUT2D eigenvalue weighted by molar-refractivity contribution is 7.92. The largest absolute Gasteiger partial charge is 0.497 e. The minimum atomic E-state index is -4.14. The summed E-state index contributed by atoms with van der Waals surface area (Å²) in [6.07, 6.45) is 0.530. The summed E-state index contributed by atoms with van der Waals surface area (Å²) in [6, 6.07) is 16.8. The summed E-state index contributed by atoms with van der Waals surface area (Å²) in [6.45, 7) is 7.32. The number of carbonyl (C=O) groups is 1. The summed E-state index contributed by atoms with van der Waals surface area (Å²) in [5, 5.41) is 3.06. The fourth-order valence-electron chi connectivity index (χ4n) is 4.60. The summed E-state index contributed by atoms with van der Waals surface area (Å²) >= 11 is 0. The second-order valence-corrected chi connectivity index (χ2v) is 12.0. The van der Waals surface area contributed by atoms with Crippen LogP contribution in [0.3, 0.4) is 0 Å². The number of aryl methyl sites for hydroxylation is 2. The molecule has 0 bridgehead atoms. The van der Waals surface area contributed by atoms with E-state index in [0.29, 0.717) is 23.7 Å². The van der Waals surface area contributed by atoms with Gasteiger partial charge in [-0.15, -0.1) is 0 Å². The molecule has 4 rings (SSSR count). The van der Waals surface area contributed by atoms with Crippen molar-refractivity contribution in [3.8, 4) is 17.2 Å². The van der Waals surface area contributed by atoms with Gasteiger partial charge in [0.2, 0.25) is 5.91 Å². The molecule has 3 aromatic carbocycles. The number of carbonyl (C=O) groups excluding carboxylic acids is 1. The number of amides is 1. The molecule has 0 fully saturated rings. The maximum absolute atomic E-state index is 13.9. The van der Waals surface area contributed by atoms with Crippen molar-refractivity contribution in [1.82, 2.24) is 5.32 Å². The first-order chi connectivity index (χ1) is 17.9. The van der Waals surface area contributed by atoms with Crippen LogP contribution in [0.4, 0.5) is 5.69 Å². The topological polar surface area (TPSA) is 94.2 Å². The monoisotopic (exact) mass is 538 g/mol. The third kappa shape index (κ3) is 5.72. The average molecular weight is 539 g/mol. The Balaban J connectivity index is 1.73. The first kappa shape index (κ1) is 27.3. The van der Waals surface area contributed by atoms with Crippen LogP contribution in [0.25, 0.3) is 0 Å². The minimum absolute atomic E-state index is 0.0638. The van der Waals surface area contributed by atoms with Gasteiger partial charge in [0.25, 0.3) is 10.0 Å². The summed E-state index contributed by atoms with van der Waals surface area (Å²) < 4.78 is 45.9. The number of benzene rings is 3. The molecule has 1 atom stereocenters. The highest BCUT2D eigenvalue weighted by Crippen LogP contribution is 2.40. The van der Waals surface area contributed by atoms with Crippen LogP contribution in [-0.4, -0.2) is 40.7 Å². The molecule has 0 saturated carbocycles. The van der Waals surface area contributed by atoms with Crippen molar-refractivity contribution in [2.45, 2.75) is 50.7 Å². The predicted octanol–water partition coefficient (Wildman–Crippen LogP) is 4.93. The van der Waals surface area contributed by atoms with Crippen molar-refractivity contribution in [2.24, 2.45) is 0 Å². The summed E-state index contributed by atoms with van der Waals surface area (Å²) in [5.41, 5.74) is 2.51. The molecule has 3 aromatic rings. The molecule has 1 heterocycles. The smallest absolute Gasteiger partial charge is 0.264 e. The van der Waals surface area contributed by atoms with Gasteiger partial charge < -0.3 is 19.5 Å². The second-order valence-electron chi connectivity index (χ2n) is 10.1. The Morgan fingerprint density at radius 1 is 1.00 bits per heavy atom. The van der Waals surface area contributed by atoms with E-state index in [9.17, 15) is 13.2 Å². The molecule has 1 aliphatic heterocycles. The van der Waals surface area contributed by atoms with E-state index < -0.39 is 28.1 Å². The molecule has 1 N–H and O–H groups in total. The Morgan fingerprint density at radius 2 is 1.68 bits per heavy atom. The van der Waals surface area contributed by atoms with Crippen molar-refractivity contribution >= 4 is 21.6 Å². The molecule has 202 valence electrons. The lowest BCUT2D eigenvalue weighted by Gasteiger charge is -2.38. The molecular weight excluding hydrogens is 504 g/mol. The van der Waals surface area contributed by atoms with Crippen LogP contribution in [0, 0.1) is 13.8 Å². The quantitative estimate of drug-likeness (QED) is 0.437. The zero-order chi connectivity index (χ0) is 27.7. The maximum Gasteiger partial charge on any atom is 0.264 e. The van der Waals surface area contributed by atoms with Gasteiger partial charge in [0.15, 0.2) is 0 Å². The summed E-state index contributed by atoms with van der Waals surface area (Å²) in [5.74, 6) is 0.972. The standard InChI is InChI=1S/C29H34N2O6S/c1-19-7-11-22(12-8-19)38(33,34)31(25-16-21(35-5)10-14-27(25)36-6)18-28(32)30-24-17-29(3,4)37-26-13-9-20(2)15-23(24)26/h7-16,24H,17-18H2,1-6H3,(H,30,32). The Bertz CT molecular complexity index is 1430. The van der Waals surface area contributed by atoms with Gasteiger partial charge in [-0.05, 0) is 58.0 Å². The van der Waals surface area contributed by atoms with Crippen molar-refractivity contribution < 1.29 is 27.4 Å². The van der Waals surface area contributed by atoms with E-state index >= 15 is 0 Å². The van der Waals surface area contributed by atoms with Crippen molar-refractivity contribution in [2.75, 3.05) is 25.1 Å². The van der Waals surface area contributed by atoms with E-state index in [1.807, 2.05) is 45.9 Å². The number of ether oxygens (including phenoxy) is 3. The van der Waals surface area contributed by atoms with E-state index in [1.165, 1.54) is 26.4 Å². The van der Waals surface area contributed by atoms with Crippen LogP contribution < -0.4 is 23.8 Å². The van der Waals surface area contributed by atoms with Crippen LogP contribution in [0.1, 0.15) is 43.0 Å². The number of rotatable bonds is 8. The van der Waals surface area contributed by atoms with E-state index in [0.717, 1.165) is 21.0 Å². The Hall–Kier alpha value is -3.72. The Morgan fingerprint density at radius 3 is 2.34 bits per heavy atom. The van der Waals surface area contributed by atoms with Crippen LogP contribution in [0.5, 0.6) is 17.2 Å². The molecule has 1 aliphatic rings. The van der Waals surface area contributed by atoms with E-state index in [4.69, 9.17) is 14.2 Å². The number of nitrogens with zero attached hydrogens (tertiary/aromatic N) is 1. The molecule has 0 radical (unpaired) electrons. The van der Waals surface area contributed by atoms with Gasteiger partial charge in [-0.3, -0.25) is 9.10 Å². The second kappa shape index (κ2) is 10.6. The molecule has 0 aromatic heterocycles. The predicted molar refractivity (Wildman–Crippen MR) is 147 cm³/mol. The van der Waals surface area contributed by atoms with Crippen LogP contribution >= 0.6 is 0 Å². The fourth-order valence-corrected chi connectivity index (χ4v) is 6.03. The van der Waals surface area contributed by atoms with Gasteiger partial charge >= 0.3 is 0 Å². The number of fused-ring (bicyclic) bond motifs is 1. The zero-order valence-corrected chi connectivity index (χ0v) is 23.4. The van der Waals surface area contributed by atoms with Crippen molar-refractivity contribution in [1.29, 1.82) is 0 Å². The lowest BCUT2D eigenvalue weighted by atomic mass is 9.89. The molecule has 0 spiro atoms. The lowest BCUT2D eigenvalue weighted by molar-refractivity contribution is -0.120. The van der Waals surface area contributed by atoms with Gasteiger partial charge in [-0.2, -0.15) is 0 Å². The molecule has 1 unspecified atom stereocenters. The van der Waals surface area contributed by atoms with Gasteiger partial charge in [0.05, 0.1) is 30.8 Å². The van der Waals surface area contributed by atoms with Gasteiger partial charge in [0, 0.05) is 18.1 Å². The molecule has 0 saturated heterocycles. The molecule has 8 nitrogen and oxygen atoms in total. The third-order valence-electron chi connectivity index (χ3n) is 6.51. The van der Waals surface area contributed by atoms with E-state index in [2.05, 4.69) is 5.32 Å². The number of sulfonamides is 1. The van der Waals surface area contributed by atoms with E-state index in [-0.39, 0.29) is 16.6 Å². The molecule has 9 heteroatoms. The molecule has 38 heavy (non-hydrogen) atoms. The maximum atomic E-state index is 13.9. The van der Waals surface area contributed by atoms with Crippen LogP contribution in [0.2, 0.25) is 0 Å². The van der Waals surface area contributed by atoms with Gasteiger partial charge in [-0.25, -0.2) is 8.42 Å². The van der Waals surface area contributed by atoms with Gasteiger partial charge in [0.1, 0.15) is 29.4 Å². The van der Waals surface area contributed by atoms with E-state index in [1.54, 1.807) is 30.3 Å². The zero-order valence-electron chi connectivity index (χ0n) is 22.6. The number of hydrogen-bond donors (Lipinski definition) is 1. The van der Waals surface area contributed by atoms with Crippen molar-refractivity contribution in [3.05, 3.63) is 77.4 Å².